The van der Waals surface area contributed by atoms with Crippen LogP contribution in [0.4, 0.5) is 0 Å². The number of hydrogen-bond acceptors (Lipinski definition) is 2. The van der Waals surface area contributed by atoms with Gasteiger partial charge in [-0.3, -0.25) is 4.57 Å². The highest BCUT2D eigenvalue weighted by Crippen LogP contribution is 2.63. The molecule has 1 spiro atoms. The Kier molecular flexibility index (Phi) is 7.04. The van der Waals surface area contributed by atoms with Gasteiger partial charge in [-0.25, -0.2) is 4.98 Å². The monoisotopic (exact) mass is 800 g/mol. The molecule has 0 unspecified atom stereocenters. The van der Waals surface area contributed by atoms with Crippen LogP contribution in [0.15, 0.2) is 223 Å². The second kappa shape index (κ2) is 12.9. The number of pyridine rings is 1. The van der Waals surface area contributed by atoms with E-state index in [2.05, 4.69) is 223 Å². The smallest absolute Gasteiger partial charge is 0.143 e. The Morgan fingerprint density at radius 1 is 0.349 bits per heavy atom. The lowest BCUT2D eigenvalue weighted by molar-refractivity contribution is 0.667. The van der Waals surface area contributed by atoms with Crippen molar-refractivity contribution in [2.75, 3.05) is 0 Å². The predicted octanol–water partition coefficient (Wildman–Crippen LogP) is 15.4. The molecule has 0 bridgehead atoms. The Balaban J connectivity index is 0.967. The van der Waals surface area contributed by atoms with E-state index in [0.717, 1.165) is 72.3 Å². The van der Waals surface area contributed by atoms with Crippen LogP contribution in [0.5, 0.6) is 0 Å². The summed E-state index contributed by atoms with van der Waals surface area (Å²) in [6, 6.07) is 79.3. The van der Waals surface area contributed by atoms with E-state index < -0.39 is 5.41 Å². The van der Waals surface area contributed by atoms with E-state index in [-0.39, 0.29) is 0 Å². The van der Waals surface area contributed by atoms with Crippen LogP contribution < -0.4 is 0 Å². The number of hydrogen-bond donors (Lipinski definition) is 0. The van der Waals surface area contributed by atoms with E-state index in [1.807, 2.05) is 0 Å². The number of para-hydroxylation sites is 2. The predicted molar refractivity (Wildman–Crippen MR) is 258 cm³/mol. The molecule has 2 aliphatic rings. The topological polar surface area (TPSA) is 31.0 Å². The Morgan fingerprint density at radius 2 is 0.937 bits per heavy atom. The summed E-state index contributed by atoms with van der Waals surface area (Å²) in [6.07, 6.45) is 0. The fourth-order valence-electron chi connectivity index (χ4n) is 11.2. The summed E-state index contributed by atoms with van der Waals surface area (Å²) in [5.41, 5.74) is 20.5. The van der Waals surface area contributed by atoms with Gasteiger partial charge in [0.1, 0.15) is 17.0 Å². The van der Waals surface area contributed by atoms with E-state index in [1.54, 1.807) is 0 Å². The summed E-state index contributed by atoms with van der Waals surface area (Å²) >= 11 is 0. The van der Waals surface area contributed by atoms with E-state index in [4.69, 9.17) is 9.40 Å². The van der Waals surface area contributed by atoms with Gasteiger partial charge in [-0.1, -0.05) is 176 Å². The molecule has 0 saturated heterocycles. The highest BCUT2D eigenvalue weighted by Gasteiger charge is 2.51. The molecule has 0 aliphatic heterocycles. The molecule has 3 heteroatoms. The average Bonchev–Trinajstić information content (AvgIpc) is 4.07. The zero-order valence-corrected chi connectivity index (χ0v) is 34.1. The van der Waals surface area contributed by atoms with Gasteiger partial charge in [-0.2, -0.15) is 0 Å². The molecule has 0 N–H and O–H groups in total. The van der Waals surface area contributed by atoms with Crippen LogP contribution in [0.3, 0.4) is 0 Å². The van der Waals surface area contributed by atoms with Crippen molar-refractivity contribution in [1.29, 1.82) is 0 Å². The van der Waals surface area contributed by atoms with Crippen LogP contribution in [0.2, 0.25) is 0 Å². The van der Waals surface area contributed by atoms with Gasteiger partial charge >= 0.3 is 0 Å². The van der Waals surface area contributed by atoms with Gasteiger partial charge in [0.2, 0.25) is 0 Å². The standard InChI is InChI=1S/C60H36N2O/c1-3-16-37(17-4-1)40-33-54(38-18-5-2-6-19-38)61-58(34-40)62-55-29-14-10-23-45(55)48-32-39(30-31-56(48)62)41-24-15-25-46-49-35-47-44-22-9-13-28-52(44)60(53(47)36-57(49)63-59(41)46)50-26-11-7-20-42(50)43-21-8-12-27-51(43)60/h1-36H. The molecule has 12 aromatic rings. The van der Waals surface area contributed by atoms with Crippen LogP contribution in [0.25, 0.3) is 105 Å². The summed E-state index contributed by atoms with van der Waals surface area (Å²) < 4.78 is 9.43. The highest BCUT2D eigenvalue weighted by molar-refractivity contribution is 6.14. The Labute approximate surface area is 363 Å². The Bertz CT molecular complexity index is 3750. The van der Waals surface area contributed by atoms with Crippen LogP contribution in [0.1, 0.15) is 22.3 Å². The maximum atomic E-state index is 7.11. The average molecular weight is 801 g/mol. The van der Waals surface area contributed by atoms with Crippen molar-refractivity contribution in [3.63, 3.8) is 0 Å². The number of aromatic nitrogens is 2. The number of fused-ring (bicyclic) bond motifs is 16. The third-order valence-corrected chi connectivity index (χ3v) is 13.8. The molecule has 3 aromatic heterocycles. The number of rotatable bonds is 4. The lowest BCUT2D eigenvalue weighted by atomic mass is 9.70. The number of furan rings is 1. The van der Waals surface area contributed by atoms with Crippen LogP contribution >= 0.6 is 0 Å². The molecule has 0 fully saturated rings. The Hall–Kier alpha value is -8.27. The molecule has 3 heterocycles. The van der Waals surface area contributed by atoms with Gasteiger partial charge in [-0.15, -0.1) is 0 Å². The SMILES string of the molecule is c1ccc(-c2cc(-c3ccccc3)nc(-n3c4ccccc4c4cc(-c5cccc6c5oc5cc7c(cc56)-c5ccccc5C75c6ccccc6-c6ccccc65)ccc43)c2)cc1. The van der Waals surface area contributed by atoms with Crippen LogP contribution in [-0.2, 0) is 5.41 Å². The minimum absolute atomic E-state index is 0.425. The van der Waals surface area contributed by atoms with E-state index in [0.29, 0.717) is 0 Å². The van der Waals surface area contributed by atoms with Crippen molar-refractivity contribution < 1.29 is 4.42 Å². The van der Waals surface area contributed by atoms with Gasteiger partial charge in [0.25, 0.3) is 0 Å². The van der Waals surface area contributed by atoms with E-state index in [1.165, 1.54) is 55.3 Å². The van der Waals surface area contributed by atoms with Gasteiger partial charge in [0.05, 0.1) is 22.1 Å². The highest BCUT2D eigenvalue weighted by atomic mass is 16.3. The first kappa shape index (κ1) is 34.4. The largest absolute Gasteiger partial charge is 0.455 e. The van der Waals surface area contributed by atoms with Crippen molar-refractivity contribution in [2.24, 2.45) is 0 Å². The molecular weight excluding hydrogens is 765 g/mol. The van der Waals surface area contributed by atoms with Gasteiger partial charge in [0.15, 0.2) is 0 Å². The molecule has 292 valence electrons. The molecule has 9 aromatic carbocycles. The number of nitrogens with zero attached hydrogens (tertiary/aromatic N) is 2. The molecule has 63 heavy (non-hydrogen) atoms. The number of benzene rings is 9. The summed E-state index contributed by atoms with van der Waals surface area (Å²) in [5, 5.41) is 4.60. The fourth-order valence-corrected chi connectivity index (χ4v) is 11.2. The van der Waals surface area contributed by atoms with Gasteiger partial charge in [0, 0.05) is 32.7 Å². The lowest BCUT2D eigenvalue weighted by Gasteiger charge is -2.30. The molecule has 0 amide bonds. The first-order chi connectivity index (χ1) is 31.2. The van der Waals surface area contributed by atoms with Crippen molar-refractivity contribution in [3.05, 3.63) is 241 Å². The second-order valence-electron chi connectivity index (χ2n) is 17.0. The first-order valence-corrected chi connectivity index (χ1v) is 21.7. The van der Waals surface area contributed by atoms with Crippen LogP contribution in [0, 0.1) is 0 Å². The summed E-state index contributed by atoms with van der Waals surface area (Å²) in [5.74, 6) is 0.883. The minimum atomic E-state index is -0.425. The summed E-state index contributed by atoms with van der Waals surface area (Å²) in [7, 11) is 0. The second-order valence-corrected chi connectivity index (χ2v) is 17.0. The van der Waals surface area contributed by atoms with E-state index >= 15 is 0 Å². The van der Waals surface area contributed by atoms with Gasteiger partial charge < -0.3 is 4.42 Å². The molecule has 14 rings (SSSR count). The zero-order chi connectivity index (χ0) is 41.2. The Morgan fingerprint density at radius 3 is 1.67 bits per heavy atom. The maximum Gasteiger partial charge on any atom is 0.143 e. The van der Waals surface area contributed by atoms with Gasteiger partial charge in [-0.05, 0) is 104 Å². The summed E-state index contributed by atoms with van der Waals surface area (Å²) in [4.78, 5) is 5.36. The molecule has 2 aliphatic carbocycles. The lowest BCUT2D eigenvalue weighted by Crippen LogP contribution is -2.25. The van der Waals surface area contributed by atoms with Crippen molar-refractivity contribution in [2.45, 2.75) is 5.41 Å². The first-order valence-electron chi connectivity index (χ1n) is 21.7. The van der Waals surface area contributed by atoms with Crippen molar-refractivity contribution in [3.8, 4) is 61.6 Å². The molecule has 3 nitrogen and oxygen atoms in total. The summed E-state index contributed by atoms with van der Waals surface area (Å²) in [6.45, 7) is 0. The van der Waals surface area contributed by atoms with Crippen molar-refractivity contribution >= 4 is 43.7 Å². The van der Waals surface area contributed by atoms with E-state index in [9.17, 15) is 0 Å². The van der Waals surface area contributed by atoms with Crippen LogP contribution in [-0.4, -0.2) is 9.55 Å². The normalized spacial score (nSPS) is 13.2. The molecular formula is C60H36N2O. The van der Waals surface area contributed by atoms with Crippen molar-refractivity contribution in [1.82, 2.24) is 9.55 Å². The third-order valence-electron chi connectivity index (χ3n) is 13.8. The molecule has 0 saturated carbocycles. The third kappa shape index (κ3) is 4.71. The molecule has 0 radical (unpaired) electrons. The molecule has 0 atom stereocenters. The zero-order valence-electron chi connectivity index (χ0n) is 34.1. The maximum absolute atomic E-state index is 7.11. The fraction of sp³-hybridized carbons (Fsp3) is 0.0167. The minimum Gasteiger partial charge on any atom is -0.455 e. The quantitative estimate of drug-likeness (QED) is 0.177.